The fourth-order valence-electron chi connectivity index (χ4n) is 1.04. The molecule has 0 fully saturated rings. The molecule has 4 nitrogen and oxygen atoms in total. The molecule has 0 bridgehead atoms. The molecule has 0 radical (unpaired) electrons. The summed E-state index contributed by atoms with van der Waals surface area (Å²) in [7, 11) is 1.70. The van der Waals surface area contributed by atoms with Crippen LogP contribution in [0.4, 0.5) is 0 Å². The van der Waals surface area contributed by atoms with E-state index in [1.54, 1.807) is 7.11 Å². The van der Waals surface area contributed by atoms with E-state index in [9.17, 15) is 0 Å². The van der Waals surface area contributed by atoms with Crippen LogP contribution >= 0.6 is 0 Å². The Balaban J connectivity index is 3.02. The minimum Gasteiger partial charge on any atom is -0.385 e. The molecule has 0 heterocycles. The maximum absolute atomic E-state index is 5.50. The van der Waals surface area contributed by atoms with Crippen LogP contribution in [0.5, 0.6) is 0 Å². The largest absolute Gasteiger partial charge is 0.385 e. The van der Waals surface area contributed by atoms with E-state index in [0.717, 1.165) is 19.6 Å². The Morgan fingerprint density at radius 2 is 1.60 bits per heavy atom. The third-order valence-electron chi connectivity index (χ3n) is 1.93. The van der Waals surface area contributed by atoms with Crippen molar-refractivity contribution in [2.45, 2.75) is 26.4 Å². The maximum Gasteiger partial charge on any atom is 0.0704 e. The van der Waals surface area contributed by atoms with Gasteiger partial charge in [-0.2, -0.15) is 0 Å². The van der Waals surface area contributed by atoms with Gasteiger partial charge in [0.05, 0.1) is 32.5 Å². The minimum absolute atomic E-state index is 0.237. The number of hydrogen-bond donors (Lipinski definition) is 0. The summed E-state index contributed by atoms with van der Waals surface area (Å²) in [6.07, 6.45) is 1.16. The first kappa shape index (κ1) is 14.8. The first-order valence-corrected chi connectivity index (χ1v) is 5.57. The predicted molar refractivity (Wildman–Crippen MR) is 59.2 cm³/mol. The summed E-state index contributed by atoms with van der Waals surface area (Å²) in [5.41, 5.74) is 0. The van der Waals surface area contributed by atoms with E-state index in [1.807, 2.05) is 13.8 Å². The summed E-state index contributed by atoms with van der Waals surface area (Å²) in [5.74, 6) is 0. The lowest BCUT2D eigenvalue weighted by molar-refractivity contribution is -0.0127. The zero-order valence-corrected chi connectivity index (χ0v) is 10.2. The molecular formula is C11H24O4. The van der Waals surface area contributed by atoms with Gasteiger partial charge < -0.3 is 18.9 Å². The van der Waals surface area contributed by atoms with E-state index in [4.69, 9.17) is 18.9 Å². The highest BCUT2D eigenvalue weighted by atomic mass is 16.5. The van der Waals surface area contributed by atoms with Gasteiger partial charge in [-0.25, -0.2) is 0 Å². The van der Waals surface area contributed by atoms with Crippen molar-refractivity contribution in [1.29, 1.82) is 0 Å². The van der Waals surface area contributed by atoms with Gasteiger partial charge >= 0.3 is 0 Å². The molecule has 0 saturated heterocycles. The van der Waals surface area contributed by atoms with Crippen LogP contribution in [0.1, 0.15) is 20.3 Å². The Labute approximate surface area is 92.8 Å². The fourth-order valence-corrected chi connectivity index (χ4v) is 1.04. The molecule has 0 aliphatic carbocycles. The number of rotatable bonds is 11. The minimum atomic E-state index is 0.237. The second kappa shape index (κ2) is 11.9. The lowest BCUT2D eigenvalue weighted by atomic mass is 10.3. The van der Waals surface area contributed by atoms with Crippen molar-refractivity contribution in [2.75, 3.05) is 46.8 Å². The van der Waals surface area contributed by atoms with Crippen LogP contribution < -0.4 is 0 Å². The fraction of sp³-hybridized carbons (Fsp3) is 1.00. The second-order valence-electron chi connectivity index (χ2n) is 3.27. The molecule has 0 saturated carbocycles. The van der Waals surface area contributed by atoms with Gasteiger partial charge in [-0.15, -0.1) is 0 Å². The lowest BCUT2D eigenvalue weighted by Gasteiger charge is -2.12. The van der Waals surface area contributed by atoms with E-state index in [2.05, 4.69) is 0 Å². The average Bonchev–Trinajstić information content (AvgIpc) is 2.25. The van der Waals surface area contributed by atoms with Crippen LogP contribution in [-0.4, -0.2) is 52.9 Å². The second-order valence-corrected chi connectivity index (χ2v) is 3.27. The molecule has 1 atom stereocenters. The molecule has 92 valence electrons. The molecule has 0 aromatic rings. The average molecular weight is 220 g/mol. The summed E-state index contributed by atoms with van der Waals surface area (Å²) in [6.45, 7) is 8.07. The topological polar surface area (TPSA) is 36.9 Å². The van der Waals surface area contributed by atoms with Crippen molar-refractivity contribution in [3.8, 4) is 0 Å². The van der Waals surface area contributed by atoms with Gasteiger partial charge in [-0.05, 0) is 20.3 Å². The first-order chi connectivity index (χ1) is 7.31. The molecule has 0 N–H and O–H groups in total. The van der Waals surface area contributed by atoms with Crippen molar-refractivity contribution >= 4 is 0 Å². The van der Waals surface area contributed by atoms with Gasteiger partial charge in [0.15, 0.2) is 0 Å². The predicted octanol–water partition coefficient (Wildman–Crippen LogP) is 1.48. The molecular weight excluding hydrogens is 196 g/mol. The molecule has 0 aliphatic rings. The molecule has 0 amide bonds. The number of hydrogen-bond acceptors (Lipinski definition) is 4. The Bertz CT molecular complexity index is 119. The van der Waals surface area contributed by atoms with Crippen molar-refractivity contribution < 1.29 is 18.9 Å². The third kappa shape index (κ3) is 11.8. The van der Waals surface area contributed by atoms with Crippen LogP contribution in [0, 0.1) is 0 Å². The molecule has 0 aromatic heterocycles. The highest BCUT2D eigenvalue weighted by Gasteiger charge is 2.00. The molecule has 15 heavy (non-hydrogen) atoms. The summed E-state index contributed by atoms with van der Waals surface area (Å²) < 4.78 is 20.9. The number of methoxy groups -OCH3 is 1. The standard InChI is InChI=1S/C11H24O4/c1-4-13-7-8-14-9-10-15-11(2)5-6-12-3/h11H,4-10H2,1-3H3. The van der Waals surface area contributed by atoms with E-state index in [1.165, 1.54) is 0 Å². The van der Waals surface area contributed by atoms with Gasteiger partial charge in [0.25, 0.3) is 0 Å². The molecule has 4 heteroatoms. The van der Waals surface area contributed by atoms with Gasteiger partial charge in [0, 0.05) is 20.3 Å². The molecule has 0 spiro atoms. The third-order valence-corrected chi connectivity index (χ3v) is 1.93. The van der Waals surface area contributed by atoms with Crippen molar-refractivity contribution in [3.05, 3.63) is 0 Å². The van der Waals surface area contributed by atoms with Crippen molar-refractivity contribution in [3.63, 3.8) is 0 Å². The van der Waals surface area contributed by atoms with Crippen LogP contribution in [0.2, 0.25) is 0 Å². The van der Waals surface area contributed by atoms with Crippen LogP contribution in [-0.2, 0) is 18.9 Å². The van der Waals surface area contributed by atoms with Crippen molar-refractivity contribution in [2.24, 2.45) is 0 Å². The zero-order chi connectivity index (χ0) is 11.4. The van der Waals surface area contributed by atoms with E-state index in [0.29, 0.717) is 26.4 Å². The quantitative estimate of drug-likeness (QED) is 0.494. The molecule has 0 aliphatic heterocycles. The highest BCUT2D eigenvalue weighted by molar-refractivity contribution is 4.48. The van der Waals surface area contributed by atoms with Gasteiger partial charge in [-0.1, -0.05) is 0 Å². The lowest BCUT2D eigenvalue weighted by Crippen LogP contribution is -2.15. The first-order valence-electron chi connectivity index (χ1n) is 5.57. The van der Waals surface area contributed by atoms with Crippen LogP contribution in [0.3, 0.4) is 0 Å². The van der Waals surface area contributed by atoms with E-state index >= 15 is 0 Å². The summed E-state index contributed by atoms with van der Waals surface area (Å²) in [4.78, 5) is 0. The van der Waals surface area contributed by atoms with E-state index in [-0.39, 0.29) is 6.10 Å². The molecule has 0 rings (SSSR count). The van der Waals surface area contributed by atoms with Gasteiger partial charge in [0.2, 0.25) is 0 Å². The Morgan fingerprint density at radius 3 is 2.27 bits per heavy atom. The van der Waals surface area contributed by atoms with Crippen LogP contribution in [0.15, 0.2) is 0 Å². The Kier molecular flexibility index (Phi) is 11.8. The van der Waals surface area contributed by atoms with Crippen LogP contribution in [0.25, 0.3) is 0 Å². The normalized spacial score (nSPS) is 13.0. The Hall–Kier alpha value is -0.160. The van der Waals surface area contributed by atoms with Gasteiger partial charge in [-0.3, -0.25) is 0 Å². The number of ether oxygens (including phenoxy) is 4. The van der Waals surface area contributed by atoms with Crippen molar-refractivity contribution in [1.82, 2.24) is 0 Å². The summed E-state index contributed by atoms with van der Waals surface area (Å²) in [5, 5.41) is 0. The molecule has 1 unspecified atom stereocenters. The highest BCUT2D eigenvalue weighted by Crippen LogP contribution is 1.96. The van der Waals surface area contributed by atoms with E-state index < -0.39 is 0 Å². The zero-order valence-electron chi connectivity index (χ0n) is 10.2. The monoisotopic (exact) mass is 220 g/mol. The van der Waals surface area contributed by atoms with Gasteiger partial charge in [0.1, 0.15) is 0 Å². The molecule has 0 aromatic carbocycles. The summed E-state index contributed by atoms with van der Waals surface area (Å²) >= 11 is 0. The Morgan fingerprint density at radius 1 is 0.933 bits per heavy atom. The maximum atomic E-state index is 5.50. The SMILES string of the molecule is CCOCCOCCOC(C)CCOC. The smallest absolute Gasteiger partial charge is 0.0704 e. The summed E-state index contributed by atoms with van der Waals surface area (Å²) in [6, 6.07) is 0.